The SMILES string of the molecule is Cc1cc([C@@H](C)Oc2ccc(Cl)nc2C(N)=NO)c2oc(-c3cccnc3F)c(C)c(=O)c2c1. The number of ether oxygens (including phenoxy) is 1. The minimum atomic E-state index is -0.748. The van der Waals surface area contributed by atoms with Crippen molar-refractivity contribution < 1.29 is 18.8 Å². The van der Waals surface area contributed by atoms with Crippen LogP contribution in [0.25, 0.3) is 22.3 Å². The molecule has 34 heavy (non-hydrogen) atoms. The monoisotopic (exact) mass is 482 g/mol. The van der Waals surface area contributed by atoms with Crippen LogP contribution in [-0.2, 0) is 0 Å². The van der Waals surface area contributed by atoms with Gasteiger partial charge in [-0.3, -0.25) is 4.79 Å². The highest BCUT2D eigenvalue weighted by Crippen LogP contribution is 2.34. The molecule has 1 atom stereocenters. The van der Waals surface area contributed by atoms with Gasteiger partial charge in [-0.1, -0.05) is 16.8 Å². The minimum absolute atomic E-state index is 0.0502. The molecule has 0 fully saturated rings. The summed E-state index contributed by atoms with van der Waals surface area (Å²) in [5.74, 6) is -0.738. The Labute approximate surface area is 198 Å². The number of aryl methyl sites for hydroxylation is 1. The molecule has 4 aromatic rings. The van der Waals surface area contributed by atoms with Gasteiger partial charge in [0.1, 0.15) is 28.3 Å². The van der Waals surface area contributed by atoms with Gasteiger partial charge >= 0.3 is 0 Å². The standard InChI is InChI=1S/C24H20ClFN4O4/c1-11-9-15(13(3)33-17-6-7-18(25)29-19(17)24(27)30-32)22-16(10-11)20(31)12(2)21(34-22)14-5-4-8-28-23(14)26/h4-10,13,32H,1-3H3,(H2,27,30)/t13-/m1/s1. The van der Waals surface area contributed by atoms with Gasteiger partial charge < -0.3 is 20.1 Å². The number of nitrogens with two attached hydrogens (primary N) is 1. The summed E-state index contributed by atoms with van der Waals surface area (Å²) in [6.45, 7) is 5.16. The van der Waals surface area contributed by atoms with Gasteiger partial charge in [0.15, 0.2) is 17.0 Å². The van der Waals surface area contributed by atoms with Crippen LogP contribution in [0.2, 0.25) is 5.15 Å². The van der Waals surface area contributed by atoms with Crippen molar-refractivity contribution in [3.8, 4) is 17.1 Å². The Morgan fingerprint density at radius 1 is 1.29 bits per heavy atom. The molecule has 0 radical (unpaired) electrons. The summed E-state index contributed by atoms with van der Waals surface area (Å²) in [5.41, 5.74) is 7.42. The van der Waals surface area contributed by atoms with E-state index < -0.39 is 12.1 Å². The van der Waals surface area contributed by atoms with Crippen LogP contribution in [-0.4, -0.2) is 21.0 Å². The fraction of sp³-hybridized carbons (Fsp3) is 0.167. The average molecular weight is 483 g/mol. The Morgan fingerprint density at radius 3 is 2.76 bits per heavy atom. The zero-order valence-electron chi connectivity index (χ0n) is 18.5. The Balaban J connectivity index is 1.90. The van der Waals surface area contributed by atoms with Crippen molar-refractivity contribution in [2.45, 2.75) is 26.9 Å². The molecule has 0 aliphatic carbocycles. The highest BCUT2D eigenvalue weighted by molar-refractivity contribution is 6.29. The predicted octanol–water partition coefficient (Wildman–Crippen LogP) is 4.89. The Morgan fingerprint density at radius 2 is 2.06 bits per heavy atom. The predicted molar refractivity (Wildman–Crippen MR) is 126 cm³/mol. The molecule has 0 bridgehead atoms. The maximum atomic E-state index is 14.4. The topological polar surface area (TPSA) is 124 Å². The Kier molecular flexibility index (Phi) is 6.21. The number of nitrogens with zero attached hydrogens (tertiary/aromatic N) is 3. The number of amidine groups is 1. The number of pyridine rings is 2. The van der Waals surface area contributed by atoms with E-state index in [0.29, 0.717) is 10.9 Å². The van der Waals surface area contributed by atoms with Gasteiger partial charge in [-0.25, -0.2) is 9.97 Å². The summed E-state index contributed by atoms with van der Waals surface area (Å²) in [4.78, 5) is 20.9. The van der Waals surface area contributed by atoms with Gasteiger partial charge in [0.2, 0.25) is 5.95 Å². The van der Waals surface area contributed by atoms with Crippen molar-refractivity contribution in [1.29, 1.82) is 0 Å². The van der Waals surface area contributed by atoms with Crippen molar-refractivity contribution in [3.05, 3.63) is 86.3 Å². The van der Waals surface area contributed by atoms with Crippen LogP contribution in [0, 0.1) is 19.8 Å². The minimum Gasteiger partial charge on any atom is -0.483 e. The van der Waals surface area contributed by atoms with Crippen molar-refractivity contribution in [3.63, 3.8) is 0 Å². The number of hydrogen-bond acceptors (Lipinski definition) is 7. The lowest BCUT2D eigenvalue weighted by Crippen LogP contribution is -2.18. The lowest BCUT2D eigenvalue weighted by atomic mass is 10.00. The molecule has 174 valence electrons. The lowest BCUT2D eigenvalue weighted by Gasteiger charge is -2.19. The summed E-state index contributed by atoms with van der Waals surface area (Å²) in [5, 5.41) is 12.5. The van der Waals surface area contributed by atoms with Crippen LogP contribution < -0.4 is 15.9 Å². The number of oxime groups is 1. The quantitative estimate of drug-likeness (QED) is 0.136. The fourth-order valence-electron chi connectivity index (χ4n) is 3.68. The van der Waals surface area contributed by atoms with Crippen LogP contribution >= 0.6 is 11.6 Å². The zero-order chi connectivity index (χ0) is 24.6. The first-order chi connectivity index (χ1) is 16.2. The van der Waals surface area contributed by atoms with Crippen molar-refractivity contribution in [1.82, 2.24) is 9.97 Å². The van der Waals surface area contributed by atoms with Crippen LogP contribution in [0.15, 0.2) is 57.0 Å². The number of halogens is 2. The molecule has 0 saturated carbocycles. The van der Waals surface area contributed by atoms with E-state index >= 15 is 0 Å². The van der Waals surface area contributed by atoms with Gasteiger partial charge in [-0.05, 0) is 62.7 Å². The number of benzene rings is 1. The van der Waals surface area contributed by atoms with Crippen molar-refractivity contribution in [2.75, 3.05) is 0 Å². The summed E-state index contributed by atoms with van der Waals surface area (Å²) < 4.78 is 26.6. The number of rotatable bonds is 5. The Hall–Kier alpha value is -3.98. The molecule has 3 aromatic heterocycles. The summed E-state index contributed by atoms with van der Waals surface area (Å²) >= 11 is 5.95. The summed E-state index contributed by atoms with van der Waals surface area (Å²) in [6.07, 6.45) is 0.644. The second-order valence-electron chi connectivity index (χ2n) is 7.68. The van der Waals surface area contributed by atoms with Crippen LogP contribution in [0.4, 0.5) is 4.39 Å². The third kappa shape index (κ3) is 4.17. The first-order valence-corrected chi connectivity index (χ1v) is 10.6. The maximum absolute atomic E-state index is 14.4. The molecule has 4 rings (SSSR count). The van der Waals surface area contributed by atoms with E-state index in [4.69, 9.17) is 31.7 Å². The molecular weight excluding hydrogens is 463 g/mol. The van der Waals surface area contributed by atoms with Gasteiger partial charge in [-0.2, -0.15) is 4.39 Å². The Bertz CT molecular complexity index is 1500. The smallest absolute Gasteiger partial charge is 0.223 e. The van der Waals surface area contributed by atoms with E-state index in [0.717, 1.165) is 5.56 Å². The molecule has 3 heterocycles. The molecule has 3 N–H and O–H groups in total. The largest absolute Gasteiger partial charge is 0.483 e. The molecule has 0 unspecified atom stereocenters. The highest BCUT2D eigenvalue weighted by atomic mass is 35.5. The van der Waals surface area contributed by atoms with Gasteiger partial charge in [0.25, 0.3) is 0 Å². The first-order valence-electron chi connectivity index (χ1n) is 10.2. The average Bonchev–Trinajstić information content (AvgIpc) is 2.82. The normalized spacial score (nSPS) is 12.7. The van der Waals surface area contributed by atoms with E-state index in [-0.39, 0.29) is 50.3 Å². The third-order valence-corrected chi connectivity index (χ3v) is 5.52. The molecule has 0 spiro atoms. The highest BCUT2D eigenvalue weighted by Gasteiger charge is 2.22. The fourth-order valence-corrected chi connectivity index (χ4v) is 3.83. The molecule has 0 aliphatic heterocycles. The first kappa shape index (κ1) is 23.2. The van der Waals surface area contributed by atoms with Crippen molar-refractivity contribution in [2.24, 2.45) is 10.9 Å². The van der Waals surface area contributed by atoms with E-state index in [9.17, 15) is 9.18 Å². The molecule has 0 amide bonds. The van der Waals surface area contributed by atoms with Gasteiger partial charge in [0, 0.05) is 17.3 Å². The molecule has 8 nitrogen and oxygen atoms in total. The van der Waals surface area contributed by atoms with E-state index in [1.165, 1.54) is 24.4 Å². The zero-order valence-corrected chi connectivity index (χ0v) is 19.2. The lowest BCUT2D eigenvalue weighted by molar-refractivity contribution is 0.225. The van der Waals surface area contributed by atoms with Crippen LogP contribution in [0.1, 0.15) is 35.4 Å². The molecule has 10 heteroatoms. The van der Waals surface area contributed by atoms with E-state index in [1.807, 2.05) is 6.92 Å². The number of hydrogen-bond donors (Lipinski definition) is 2. The molecule has 0 aliphatic rings. The maximum Gasteiger partial charge on any atom is 0.223 e. The van der Waals surface area contributed by atoms with Crippen LogP contribution in [0.5, 0.6) is 5.75 Å². The van der Waals surface area contributed by atoms with Crippen LogP contribution in [0.3, 0.4) is 0 Å². The molecule has 0 saturated heterocycles. The van der Waals surface area contributed by atoms with Crippen molar-refractivity contribution >= 4 is 28.4 Å². The van der Waals surface area contributed by atoms with E-state index in [2.05, 4.69) is 15.1 Å². The summed E-state index contributed by atoms with van der Waals surface area (Å²) in [7, 11) is 0. The van der Waals surface area contributed by atoms with Gasteiger partial charge in [0.05, 0.1) is 10.9 Å². The number of fused-ring (bicyclic) bond motifs is 1. The molecular formula is C24H20ClFN4O4. The number of aromatic nitrogens is 2. The molecule has 1 aromatic carbocycles. The second-order valence-corrected chi connectivity index (χ2v) is 8.07. The van der Waals surface area contributed by atoms with Gasteiger partial charge in [-0.15, -0.1) is 0 Å². The van der Waals surface area contributed by atoms with E-state index in [1.54, 1.807) is 32.0 Å². The summed E-state index contributed by atoms with van der Waals surface area (Å²) in [6, 6.07) is 9.61. The second kappa shape index (κ2) is 9.11. The third-order valence-electron chi connectivity index (χ3n) is 5.31.